The fourth-order valence-electron chi connectivity index (χ4n) is 3.32. The molecule has 0 aromatic heterocycles. The predicted octanol–water partition coefficient (Wildman–Crippen LogP) is 2.02. The number of hydrogen-bond acceptors (Lipinski definition) is 3. The van der Waals surface area contributed by atoms with Gasteiger partial charge in [0, 0.05) is 37.8 Å². The second-order valence-corrected chi connectivity index (χ2v) is 5.75. The molecular formula is C14H28N2O. The van der Waals surface area contributed by atoms with Gasteiger partial charge in [0.05, 0.1) is 6.61 Å². The Bertz CT molecular complexity index is 221. The molecule has 1 N–H and O–H groups in total. The summed E-state index contributed by atoms with van der Waals surface area (Å²) in [5.74, 6) is 0. The van der Waals surface area contributed by atoms with E-state index >= 15 is 0 Å². The molecule has 1 atom stereocenters. The molecule has 1 saturated heterocycles. The van der Waals surface area contributed by atoms with Crippen molar-refractivity contribution >= 4 is 0 Å². The molecule has 1 aliphatic heterocycles. The SMILES string of the molecule is CCOCC(C)N1CCNC2(CCCCC2)C1. The van der Waals surface area contributed by atoms with Gasteiger partial charge in [-0.05, 0) is 26.7 Å². The zero-order chi connectivity index (χ0) is 12.1. The van der Waals surface area contributed by atoms with E-state index < -0.39 is 0 Å². The number of piperazine rings is 1. The normalized spacial score (nSPS) is 27.2. The fraction of sp³-hybridized carbons (Fsp3) is 1.00. The molecular weight excluding hydrogens is 212 g/mol. The third-order valence-electron chi connectivity index (χ3n) is 4.40. The van der Waals surface area contributed by atoms with Gasteiger partial charge in [-0.3, -0.25) is 4.90 Å². The van der Waals surface area contributed by atoms with E-state index in [4.69, 9.17) is 4.74 Å². The number of nitrogens with one attached hydrogen (secondary N) is 1. The third kappa shape index (κ3) is 3.43. The standard InChI is InChI=1S/C14H28N2O/c1-3-17-11-13(2)16-10-9-15-14(12-16)7-5-4-6-8-14/h13,15H,3-12H2,1-2H3. The van der Waals surface area contributed by atoms with Gasteiger partial charge in [-0.2, -0.15) is 0 Å². The zero-order valence-electron chi connectivity index (χ0n) is 11.5. The van der Waals surface area contributed by atoms with Gasteiger partial charge in [-0.1, -0.05) is 19.3 Å². The van der Waals surface area contributed by atoms with E-state index in [-0.39, 0.29) is 0 Å². The molecule has 2 aliphatic rings. The highest BCUT2D eigenvalue weighted by atomic mass is 16.5. The molecule has 2 rings (SSSR count). The van der Waals surface area contributed by atoms with Crippen molar-refractivity contribution in [2.24, 2.45) is 0 Å². The van der Waals surface area contributed by atoms with E-state index in [9.17, 15) is 0 Å². The molecule has 0 radical (unpaired) electrons. The molecule has 1 heterocycles. The first kappa shape index (κ1) is 13.3. The van der Waals surface area contributed by atoms with Crippen LogP contribution in [0.2, 0.25) is 0 Å². The van der Waals surface area contributed by atoms with Crippen molar-refractivity contribution in [1.29, 1.82) is 0 Å². The average Bonchev–Trinajstić information content (AvgIpc) is 2.37. The number of hydrogen-bond donors (Lipinski definition) is 1. The van der Waals surface area contributed by atoms with Crippen LogP contribution >= 0.6 is 0 Å². The van der Waals surface area contributed by atoms with Gasteiger partial charge in [-0.25, -0.2) is 0 Å². The van der Waals surface area contributed by atoms with Crippen LogP contribution in [0, 0.1) is 0 Å². The van der Waals surface area contributed by atoms with Crippen LogP contribution in [0.4, 0.5) is 0 Å². The minimum Gasteiger partial charge on any atom is -0.380 e. The van der Waals surface area contributed by atoms with Crippen LogP contribution in [0.25, 0.3) is 0 Å². The smallest absolute Gasteiger partial charge is 0.0619 e. The molecule has 100 valence electrons. The molecule has 2 fully saturated rings. The Labute approximate surface area is 106 Å². The van der Waals surface area contributed by atoms with Gasteiger partial charge in [-0.15, -0.1) is 0 Å². The Hall–Kier alpha value is -0.120. The predicted molar refractivity (Wildman–Crippen MR) is 71.3 cm³/mol. The van der Waals surface area contributed by atoms with Crippen LogP contribution in [-0.4, -0.2) is 49.3 Å². The largest absolute Gasteiger partial charge is 0.380 e. The van der Waals surface area contributed by atoms with Crippen molar-refractivity contribution < 1.29 is 4.74 Å². The summed E-state index contributed by atoms with van der Waals surface area (Å²) in [6.45, 7) is 9.65. The van der Waals surface area contributed by atoms with Gasteiger partial charge < -0.3 is 10.1 Å². The van der Waals surface area contributed by atoms with Crippen molar-refractivity contribution in [2.75, 3.05) is 32.8 Å². The third-order valence-corrected chi connectivity index (χ3v) is 4.40. The van der Waals surface area contributed by atoms with Gasteiger partial charge in [0.15, 0.2) is 0 Å². The molecule has 1 aliphatic carbocycles. The zero-order valence-corrected chi connectivity index (χ0v) is 11.5. The lowest BCUT2D eigenvalue weighted by molar-refractivity contribution is 0.0280. The minimum atomic E-state index is 0.428. The summed E-state index contributed by atoms with van der Waals surface area (Å²) in [5, 5.41) is 3.79. The highest BCUT2D eigenvalue weighted by Gasteiger charge is 2.37. The maximum absolute atomic E-state index is 5.56. The molecule has 1 unspecified atom stereocenters. The van der Waals surface area contributed by atoms with Crippen LogP contribution in [0.5, 0.6) is 0 Å². The van der Waals surface area contributed by atoms with E-state index in [2.05, 4.69) is 24.1 Å². The Morgan fingerprint density at radius 1 is 1.29 bits per heavy atom. The first-order chi connectivity index (χ1) is 8.26. The Balaban J connectivity index is 1.87. The monoisotopic (exact) mass is 240 g/mol. The molecule has 0 amide bonds. The van der Waals surface area contributed by atoms with E-state index in [0.29, 0.717) is 11.6 Å². The first-order valence-electron chi connectivity index (χ1n) is 7.32. The molecule has 0 bridgehead atoms. The summed E-state index contributed by atoms with van der Waals surface area (Å²) < 4.78 is 5.56. The lowest BCUT2D eigenvalue weighted by Crippen LogP contribution is -2.63. The molecule has 1 saturated carbocycles. The molecule has 17 heavy (non-hydrogen) atoms. The van der Waals surface area contributed by atoms with Gasteiger partial charge >= 0.3 is 0 Å². The van der Waals surface area contributed by atoms with Crippen molar-refractivity contribution in [1.82, 2.24) is 10.2 Å². The van der Waals surface area contributed by atoms with E-state index in [1.54, 1.807) is 0 Å². The highest BCUT2D eigenvalue weighted by molar-refractivity contribution is 4.97. The topological polar surface area (TPSA) is 24.5 Å². The van der Waals surface area contributed by atoms with Crippen molar-refractivity contribution in [2.45, 2.75) is 57.5 Å². The van der Waals surface area contributed by atoms with Crippen LogP contribution in [0.1, 0.15) is 46.0 Å². The summed E-state index contributed by atoms with van der Waals surface area (Å²) in [4.78, 5) is 2.62. The number of rotatable bonds is 4. The number of ether oxygens (including phenoxy) is 1. The molecule has 1 spiro atoms. The molecule has 3 heteroatoms. The van der Waals surface area contributed by atoms with Crippen LogP contribution in [-0.2, 0) is 4.74 Å². The van der Waals surface area contributed by atoms with Crippen molar-refractivity contribution in [3.63, 3.8) is 0 Å². The number of nitrogens with zero attached hydrogens (tertiary/aromatic N) is 1. The lowest BCUT2D eigenvalue weighted by atomic mass is 9.80. The summed E-state index contributed by atoms with van der Waals surface area (Å²) in [6.07, 6.45) is 6.97. The molecule has 3 nitrogen and oxygen atoms in total. The lowest BCUT2D eigenvalue weighted by Gasteiger charge is -2.47. The second kappa shape index (κ2) is 6.17. The molecule has 0 aromatic rings. The quantitative estimate of drug-likeness (QED) is 0.813. The van der Waals surface area contributed by atoms with E-state index in [1.807, 2.05) is 0 Å². The average molecular weight is 240 g/mol. The Morgan fingerprint density at radius 3 is 2.76 bits per heavy atom. The Kier molecular flexibility index (Phi) is 4.83. The van der Waals surface area contributed by atoms with Gasteiger partial charge in [0.2, 0.25) is 0 Å². The maximum atomic E-state index is 5.56. The van der Waals surface area contributed by atoms with Crippen LogP contribution in [0.15, 0.2) is 0 Å². The fourth-order valence-corrected chi connectivity index (χ4v) is 3.32. The minimum absolute atomic E-state index is 0.428. The summed E-state index contributed by atoms with van der Waals surface area (Å²) in [5.41, 5.74) is 0.428. The molecule has 0 aromatic carbocycles. The van der Waals surface area contributed by atoms with E-state index in [1.165, 1.54) is 45.2 Å². The summed E-state index contributed by atoms with van der Waals surface area (Å²) in [7, 11) is 0. The maximum Gasteiger partial charge on any atom is 0.0619 e. The first-order valence-corrected chi connectivity index (χ1v) is 7.32. The van der Waals surface area contributed by atoms with Crippen LogP contribution in [0.3, 0.4) is 0 Å². The Morgan fingerprint density at radius 2 is 2.06 bits per heavy atom. The summed E-state index contributed by atoms with van der Waals surface area (Å²) in [6, 6.07) is 0.566. The van der Waals surface area contributed by atoms with Gasteiger partial charge in [0.1, 0.15) is 0 Å². The van der Waals surface area contributed by atoms with Gasteiger partial charge in [0.25, 0.3) is 0 Å². The van der Waals surface area contributed by atoms with E-state index in [0.717, 1.165) is 19.8 Å². The second-order valence-electron chi connectivity index (χ2n) is 5.75. The van der Waals surface area contributed by atoms with Crippen LogP contribution < -0.4 is 5.32 Å². The van der Waals surface area contributed by atoms with Crippen molar-refractivity contribution in [3.8, 4) is 0 Å². The summed E-state index contributed by atoms with van der Waals surface area (Å²) >= 11 is 0. The van der Waals surface area contributed by atoms with Crippen molar-refractivity contribution in [3.05, 3.63) is 0 Å². The highest BCUT2D eigenvalue weighted by Crippen LogP contribution is 2.31.